The SMILES string of the molecule is C/C=C\C(CCCC)C(C)CC(CC)NC(C)C. The van der Waals surface area contributed by atoms with E-state index in [1.54, 1.807) is 0 Å². The minimum Gasteiger partial charge on any atom is -0.312 e. The van der Waals surface area contributed by atoms with Gasteiger partial charge in [0.1, 0.15) is 0 Å². The molecule has 0 bridgehead atoms. The summed E-state index contributed by atoms with van der Waals surface area (Å²) in [6.45, 7) is 13.6. The van der Waals surface area contributed by atoms with Gasteiger partial charge < -0.3 is 5.32 Å². The van der Waals surface area contributed by atoms with Crippen LogP contribution in [-0.4, -0.2) is 12.1 Å². The molecule has 0 saturated heterocycles. The fourth-order valence-electron chi connectivity index (χ4n) is 2.70. The Balaban J connectivity index is 4.32. The van der Waals surface area contributed by atoms with Gasteiger partial charge >= 0.3 is 0 Å². The first-order valence-corrected chi connectivity index (χ1v) is 7.93. The molecule has 1 nitrogen and oxygen atoms in total. The summed E-state index contributed by atoms with van der Waals surface area (Å²) in [7, 11) is 0. The van der Waals surface area contributed by atoms with Crippen LogP contribution in [-0.2, 0) is 0 Å². The average molecular weight is 253 g/mol. The summed E-state index contributed by atoms with van der Waals surface area (Å²) in [5.41, 5.74) is 0. The highest BCUT2D eigenvalue weighted by molar-refractivity contribution is 4.89. The Hall–Kier alpha value is -0.300. The van der Waals surface area contributed by atoms with E-state index in [-0.39, 0.29) is 0 Å². The zero-order chi connectivity index (χ0) is 14.0. The molecule has 0 aliphatic heterocycles. The Kier molecular flexibility index (Phi) is 10.4. The van der Waals surface area contributed by atoms with Crippen LogP contribution >= 0.6 is 0 Å². The van der Waals surface area contributed by atoms with Crippen LogP contribution in [0.4, 0.5) is 0 Å². The summed E-state index contributed by atoms with van der Waals surface area (Å²) in [4.78, 5) is 0. The molecule has 0 aromatic heterocycles. The van der Waals surface area contributed by atoms with Crippen molar-refractivity contribution in [3.8, 4) is 0 Å². The van der Waals surface area contributed by atoms with E-state index in [2.05, 4.69) is 59.0 Å². The zero-order valence-electron chi connectivity index (χ0n) is 13.5. The molecule has 1 heteroatoms. The van der Waals surface area contributed by atoms with Gasteiger partial charge in [0.25, 0.3) is 0 Å². The molecule has 0 rings (SSSR count). The molecule has 0 fully saturated rings. The van der Waals surface area contributed by atoms with E-state index in [1.807, 2.05) is 0 Å². The summed E-state index contributed by atoms with van der Waals surface area (Å²) in [6.07, 6.45) is 11.2. The highest BCUT2D eigenvalue weighted by atomic mass is 14.9. The first-order valence-electron chi connectivity index (χ1n) is 7.93. The van der Waals surface area contributed by atoms with E-state index in [9.17, 15) is 0 Å². The second-order valence-corrected chi connectivity index (χ2v) is 5.97. The topological polar surface area (TPSA) is 12.0 Å². The second kappa shape index (κ2) is 10.6. The molecule has 18 heavy (non-hydrogen) atoms. The molecule has 0 amide bonds. The number of rotatable bonds is 10. The first-order chi connectivity index (χ1) is 8.54. The molecule has 0 aliphatic rings. The third-order valence-corrected chi connectivity index (χ3v) is 3.78. The van der Waals surface area contributed by atoms with Crippen LogP contribution in [0.15, 0.2) is 12.2 Å². The van der Waals surface area contributed by atoms with Gasteiger partial charge in [-0.05, 0) is 38.0 Å². The molecule has 0 spiro atoms. The van der Waals surface area contributed by atoms with Gasteiger partial charge in [0.05, 0.1) is 0 Å². The van der Waals surface area contributed by atoms with Gasteiger partial charge in [-0.3, -0.25) is 0 Å². The lowest BCUT2D eigenvalue weighted by atomic mass is 9.84. The van der Waals surface area contributed by atoms with Gasteiger partial charge in [-0.1, -0.05) is 59.6 Å². The van der Waals surface area contributed by atoms with Crippen molar-refractivity contribution in [3.05, 3.63) is 12.2 Å². The Morgan fingerprint density at radius 1 is 1.11 bits per heavy atom. The maximum atomic E-state index is 3.69. The lowest BCUT2D eigenvalue weighted by Gasteiger charge is -2.27. The average Bonchev–Trinajstić information content (AvgIpc) is 2.32. The maximum absolute atomic E-state index is 3.69. The van der Waals surface area contributed by atoms with Crippen LogP contribution < -0.4 is 5.32 Å². The van der Waals surface area contributed by atoms with Crippen molar-refractivity contribution in [2.45, 2.75) is 85.7 Å². The van der Waals surface area contributed by atoms with Gasteiger partial charge in [0.2, 0.25) is 0 Å². The van der Waals surface area contributed by atoms with Gasteiger partial charge in [-0.15, -0.1) is 0 Å². The van der Waals surface area contributed by atoms with Crippen LogP contribution in [0.1, 0.15) is 73.6 Å². The van der Waals surface area contributed by atoms with E-state index in [0.29, 0.717) is 12.1 Å². The minimum atomic E-state index is 0.595. The monoisotopic (exact) mass is 253 g/mol. The number of hydrogen-bond donors (Lipinski definition) is 1. The van der Waals surface area contributed by atoms with Gasteiger partial charge in [-0.25, -0.2) is 0 Å². The predicted molar refractivity (Wildman–Crippen MR) is 84.0 cm³/mol. The highest BCUT2D eigenvalue weighted by Gasteiger charge is 2.18. The molecular weight excluding hydrogens is 218 g/mol. The number of nitrogens with one attached hydrogen (secondary N) is 1. The van der Waals surface area contributed by atoms with Crippen molar-refractivity contribution >= 4 is 0 Å². The van der Waals surface area contributed by atoms with Crippen LogP contribution in [0.2, 0.25) is 0 Å². The molecule has 0 aromatic rings. The molecule has 0 radical (unpaired) electrons. The first kappa shape index (κ1) is 17.7. The van der Waals surface area contributed by atoms with Crippen LogP contribution in [0.25, 0.3) is 0 Å². The van der Waals surface area contributed by atoms with Crippen molar-refractivity contribution in [2.75, 3.05) is 0 Å². The van der Waals surface area contributed by atoms with Gasteiger partial charge in [0.15, 0.2) is 0 Å². The quantitative estimate of drug-likeness (QED) is 0.529. The zero-order valence-corrected chi connectivity index (χ0v) is 13.5. The summed E-state index contributed by atoms with van der Waals surface area (Å²) in [5, 5.41) is 3.69. The van der Waals surface area contributed by atoms with Crippen molar-refractivity contribution in [3.63, 3.8) is 0 Å². The molecule has 0 aliphatic carbocycles. The van der Waals surface area contributed by atoms with E-state index < -0.39 is 0 Å². The van der Waals surface area contributed by atoms with E-state index in [0.717, 1.165) is 11.8 Å². The third-order valence-electron chi connectivity index (χ3n) is 3.78. The molecule has 3 atom stereocenters. The molecule has 1 N–H and O–H groups in total. The van der Waals surface area contributed by atoms with E-state index in [4.69, 9.17) is 0 Å². The van der Waals surface area contributed by atoms with Crippen LogP contribution in [0, 0.1) is 11.8 Å². The summed E-state index contributed by atoms with van der Waals surface area (Å²) < 4.78 is 0. The third kappa shape index (κ3) is 7.92. The van der Waals surface area contributed by atoms with E-state index in [1.165, 1.54) is 32.1 Å². The molecule has 108 valence electrons. The Bertz CT molecular complexity index is 208. The normalized spacial score (nSPS) is 17.3. The van der Waals surface area contributed by atoms with Crippen molar-refractivity contribution < 1.29 is 0 Å². The lowest BCUT2D eigenvalue weighted by Crippen LogP contribution is -2.36. The van der Waals surface area contributed by atoms with E-state index >= 15 is 0 Å². The van der Waals surface area contributed by atoms with Crippen molar-refractivity contribution in [2.24, 2.45) is 11.8 Å². The fraction of sp³-hybridized carbons (Fsp3) is 0.882. The standard InChI is InChI=1S/C17H35N/c1-7-10-12-16(11-8-2)15(6)13-17(9-3)18-14(4)5/h8,11,14-18H,7,9-10,12-13H2,1-6H3/b11-8-. The molecular formula is C17H35N. The Morgan fingerprint density at radius 3 is 2.22 bits per heavy atom. The summed E-state index contributed by atoms with van der Waals surface area (Å²) in [6, 6.07) is 1.27. The van der Waals surface area contributed by atoms with Crippen LogP contribution in [0.3, 0.4) is 0 Å². The molecule has 3 unspecified atom stereocenters. The maximum Gasteiger partial charge on any atom is 0.00695 e. The molecule has 0 saturated carbocycles. The number of hydrogen-bond acceptors (Lipinski definition) is 1. The van der Waals surface area contributed by atoms with Gasteiger partial charge in [0, 0.05) is 12.1 Å². The Morgan fingerprint density at radius 2 is 1.78 bits per heavy atom. The molecule has 0 aromatic carbocycles. The lowest BCUT2D eigenvalue weighted by molar-refractivity contribution is 0.306. The van der Waals surface area contributed by atoms with Gasteiger partial charge in [-0.2, -0.15) is 0 Å². The summed E-state index contributed by atoms with van der Waals surface area (Å²) in [5.74, 6) is 1.54. The number of allylic oxidation sites excluding steroid dienone is 2. The summed E-state index contributed by atoms with van der Waals surface area (Å²) >= 11 is 0. The smallest absolute Gasteiger partial charge is 0.00695 e. The minimum absolute atomic E-state index is 0.595. The largest absolute Gasteiger partial charge is 0.312 e. The molecule has 0 heterocycles. The van der Waals surface area contributed by atoms with Crippen molar-refractivity contribution in [1.29, 1.82) is 0 Å². The van der Waals surface area contributed by atoms with Crippen LogP contribution in [0.5, 0.6) is 0 Å². The number of unbranched alkanes of at least 4 members (excludes halogenated alkanes) is 1. The van der Waals surface area contributed by atoms with Crippen molar-refractivity contribution in [1.82, 2.24) is 5.32 Å². The predicted octanol–water partition coefficient (Wildman–Crippen LogP) is 5.17. The second-order valence-electron chi connectivity index (χ2n) is 5.97. The highest BCUT2D eigenvalue weighted by Crippen LogP contribution is 2.25. The fourth-order valence-corrected chi connectivity index (χ4v) is 2.70. The Labute approximate surface area is 115 Å².